The molecule has 5 heteroatoms. The van der Waals surface area contributed by atoms with Crippen LogP contribution in [-0.4, -0.2) is 24.0 Å². The zero-order valence-corrected chi connectivity index (χ0v) is 25.0. The minimum absolute atomic E-state index is 0.0590. The first-order valence-electron chi connectivity index (χ1n) is 15.1. The monoisotopic (exact) mass is 548 g/mol. The highest BCUT2D eigenvalue weighted by Crippen LogP contribution is 2.21. The van der Waals surface area contributed by atoms with Crippen LogP contribution >= 0.6 is 11.3 Å². The molecule has 0 N–H and O–H groups in total. The van der Waals surface area contributed by atoms with Crippen molar-refractivity contribution in [3.8, 4) is 5.75 Å². The van der Waals surface area contributed by atoms with Gasteiger partial charge in [-0.25, -0.2) is 4.98 Å². The van der Waals surface area contributed by atoms with Gasteiger partial charge in [0, 0.05) is 37.2 Å². The van der Waals surface area contributed by atoms with Crippen molar-refractivity contribution in [2.75, 3.05) is 18.1 Å². The molecule has 0 spiro atoms. The molecule has 0 saturated heterocycles. The summed E-state index contributed by atoms with van der Waals surface area (Å²) < 4.78 is 5.97. The number of benzene rings is 2. The van der Waals surface area contributed by atoms with Gasteiger partial charge < -0.3 is 9.64 Å². The number of aromatic nitrogens is 1. The Bertz CT molecular complexity index is 1050. The second-order valence-corrected chi connectivity index (χ2v) is 11.6. The summed E-state index contributed by atoms with van der Waals surface area (Å²) in [5.41, 5.74) is 3.32. The fraction of sp³-hybridized carbons (Fsp3) is 0.529. The lowest BCUT2D eigenvalue weighted by molar-refractivity contribution is -0.116. The lowest BCUT2D eigenvalue weighted by atomic mass is 10.1. The van der Waals surface area contributed by atoms with Crippen LogP contribution < -0.4 is 9.64 Å². The molecule has 0 radical (unpaired) electrons. The maximum atomic E-state index is 12.4. The predicted octanol–water partition coefficient (Wildman–Crippen LogP) is 9.41. The molecule has 1 amide bonds. The van der Waals surface area contributed by atoms with Gasteiger partial charge in [0.15, 0.2) is 0 Å². The van der Waals surface area contributed by atoms with Crippen molar-refractivity contribution in [1.29, 1.82) is 0 Å². The minimum Gasteiger partial charge on any atom is -0.494 e. The number of carbonyl (C=O) groups is 1. The van der Waals surface area contributed by atoms with Crippen molar-refractivity contribution in [3.05, 3.63) is 76.2 Å². The minimum atomic E-state index is 0.0590. The summed E-state index contributed by atoms with van der Waals surface area (Å²) in [6.45, 7) is 5.35. The van der Waals surface area contributed by atoms with Gasteiger partial charge in [0.1, 0.15) is 5.75 Å². The van der Waals surface area contributed by atoms with Crippen molar-refractivity contribution in [2.45, 2.75) is 104 Å². The van der Waals surface area contributed by atoms with E-state index < -0.39 is 0 Å². The highest BCUT2D eigenvalue weighted by atomic mass is 32.1. The van der Waals surface area contributed by atoms with E-state index in [0.29, 0.717) is 6.54 Å². The van der Waals surface area contributed by atoms with Crippen molar-refractivity contribution in [2.24, 2.45) is 0 Å². The lowest BCUT2D eigenvalue weighted by Gasteiger charge is -2.22. The summed E-state index contributed by atoms with van der Waals surface area (Å²) in [4.78, 5) is 18.7. The number of unbranched alkanes of at least 4 members (excludes halogenated alkanes) is 11. The zero-order valence-electron chi connectivity index (χ0n) is 24.2. The highest BCUT2D eigenvalue weighted by molar-refractivity contribution is 7.09. The third kappa shape index (κ3) is 12.4. The molecular weight excluding hydrogens is 500 g/mol. The smallest absolute Gasteiger partial charge is 0.223 e. The lowest BCUT2D eigenvalue weighted by Crippen LogP contribution is -2.30. The first-order chi connectivity index (χ1) is 19.2. The molecule has 0 bridgehead atoms. The van der Waals surface area contributed by atoms with E-state index in [1.807, 2.05) is 28.6 Å². The number of nitrogens with zero attached hydrogens (tertiary/aromatic N) is 2. The van der Waals surface area contributed by atoms with Gasteiger partial charge >= 0.3 is 0 Å². The number of rotatable bonds is 20. The summed E-state index contributed by atoms with van der Waals surface area (Å²) >= 11 is 1.66. The number of hydrogen-bond acceptors (Lipinski definition) is 4. The molecular formula is C34H48N2O2S. The maximum Gasteiger partial charge on any atom is 0.223 e. The Labute approximate surface area is 240 Å². The standard InChI is InChI=1S/C34H48N2O2S/c1-3-4-5-6-7-8-9-10-11-12-13-14-25-38-33-20-18-30(19-21-33)22-24-36(29(2)37)32-17-15-16-31(27-32)28-34-35-23-26-39-34/h15-21,23,26-27H,3-14,22,24-25,28H2,1-2H3. The van der Waals surface area contributed by atoms with E-state index in [4.69, 9.17) is 4.74 Å². The molecule has 0 saturated carbocycles. The molecule has 4 nitrogen and oxygen atoms in total. The Hall–Kier alpha value is -2.66. The Kier molecular flexibility index (Phi) is 14.7. The van der Waals surface area contributed by atoms with Crippen LogP contribution in [0.1, 0.15) is 107 Å². The van der Waals surface area contributed by atoms with Crippen LogP contribution in [0, 0.1) is 0 Å². The summed E-state index contributed by atoms with van der Waals surface area (Å²) in [6, 6.07) is 16.6. The SMILES string of the molecule is CCCCCCCCCCCCCCOc1ccc(CCN(C(C)=O)c2cccc(Cc3nccs3)c2)cc1. The molecule has 0 aliphatic heterocycles. The number of ether oxygens (including phenoxy) is 1. The van der Waals surface area contributed by atoms with Gasteiger partial charge in [0.2, 0.25) is 5.91 Å². The van der Waals surface area contributed by atoms with E-state index in [1.165, 1.54) is 81.8 Å². The number of thiazole rings is 1. The fourth-order valence-corrected chi connectivity index (χ4v) is 5.59. The summed E-state index contributed by atoms with van der Waals surface area (Å²) in [6.07, 6.45) is 19.7. The van der Waals surface area contributed by atoms with Gasteiger partial charge in [-0.1, -0.05) is 102 Å². The topological polar surface area (TPSA) is 42.4 Å². The van der Waals surface area contributed by atoms with Gasteiger partial charge in [-0.3, -0.25) is 4.79 Å². The molecule has 0 fully saturated rings. The third-order valence-electron chi connectivity index (χ3n) is 7.26. The average Bonchev–Trinajstić information content (AvgIpc) is 3.45. The number of carbonyl (C=O) groups excluding carboxylic acids is 1. The van der Waals surface area contributed by atoms with Crippen LogP contribution in [0.5, 0.6) is 5.75 Å². The Morgan fingerprint density at radius 3 is 2.13 bits per heavy atom. The maximum absolute atomic E-state index is 12.4. The third-order valence-corrected chi connectivity index (χ3v) is 8.03. The molecule has 1 heterocycles. The normalized spacial score (nSPS) is 11.0. The molecule has 39 heavy (non-hydrogen) atoms. The van der Waals surface area contributed by atoms with E-state index in [2.05, 4.69) is 48.3 Å². The van der Waals surface area contributed by atoms with Crippen LogP contribution in [-0.2, 0) is 17.6 Å². The second-order valence-electron chi connectivity index (χ2n) is 10.6. The van der Waals surface area contributed by atoms with Crippen LogP contribution in [0.15, 0.2) is 60.1 Å². The average molecular weight is 549 g/mol. The number of amides is 1. The molecule has 212 valence electrons. The van der Waals surface area contributed by atoms with Crippen molar-refractivity contribution < 1.29 is 9.53 Å². The second kappa shape index (κ2) is 18.6. The molecule has 3 rings (SSSR count). The van der Waals surface area contributed by atoms with Crippen LogP contribution in [0.4, 0.5) is 5.69 Å². The predicted molar refractivity (Wildman–Crippen MR) is 166 cm³/mol. The van der Waals surface area contributed by atoms with E-state index in [0.717, 1.165) is 42.3 Å². The van der Waals surface area contributed by atoms with Crippen molar-refractivity contribution in [3.63, 3.8) is 0 Å². The fourth-order valence-electron chi connectivity index (χ4n) is 4.94. The highest BCUT2D eigenvalue weighted by Gasteiger charge is 2.13. The van der Waals surface area contributed by atoms with Gasteiger partial charge in [0.25, 0.3) is 0 Å². The van der Waals surface area contributed by atoms with E-state index in [9.17, 15) is 4.79 Å². The summed E-state index contributed by atoms with van der Waals surface area (Å²) in [7, 11) is 0. The van der Waals surface area contributed by atoms with E-state index in [1.54, 1.807) is 18.3 Å². The van der Waals surface area contributed by atoms with Gasteiger partial charge in [-0.2, -0.15) is 0 Å². The van der Waals surface area contributed by atoms with Crippen molar-refractivity contribution >= 4 is 22.9 Å². The summed E-state index contributed by atoms with van der Waals surface area (Å²) in [5, 5.41) is 3.08. The van der Waals surface area contributed by atoms with Gasteiger partial charge in [0.05, 0.1) is 11.6 Å². The van der Waals surface area contributed by atoms with E-state index in [-0.39, 0.29) is 5.91 Å². The van der Waals surface area contributed by atoms with Crippen LogP contribution in [0.2, 0.25) is 0 Å². The molecule has 0 unspecified atom stereocenters. The molecule has 3 aromatic rings. The largest absolute Gasteiger partial charge is 0.494 e. The van der Waals surface area contributed by atoms with Crippen LogP contribution in [0.25, 0.3) is 0 Å². The van der Waals surface area contributed by atoms with E-state index >= 15 is 0 Å². The van der Waals surface area contributed by atoms with Crippen LogP contribution in [0.3, 0.4) is 0 Å². The van der Waals surface area contributed by atoms with Gasteiger partial charge in [-0.15, -0.1) is 11.3 Å². The Morgan fingerprint density at radius 1 is 0.846 bits per heavy atom. The number of hydrogen-bond donors (Lipinski definition) is 0. The molecule has 2 aromatic carbocycles. The van der Waals surface area contributed by atoms with Gasteiger partial charge in [-0.05, 0) is 48.2 Å². The first kappa shape index (κ1) is 30.9. The molecule has 0 atom stereocenters. The summed E-state index contributed by atoms with van der Waals surface area (Å²) in [5.74, 6) is 0.990. The molecule has 0 aliphatic carbocycles. The Balaban J connectivity index is 1.31. The number of anilines is 1. The Morgan fingerprint density at radius 2 is 1.51 bits per heavy atom. The zero-order chi connectivity index (χ0) is 27.5. The van der Waals surface area contributed by atoms with Crippen molar-refractivity contribution in [1.82, 2.24) is 4.98 Å². The first-order valence-corrected chi connectivity index (χ1v) is 16.0. The molecule has 1 aromatic heterocycles. The molecule has 0 aliphatic rings. The quantitative estimate of drug-likeness (QED) is 0.132.